The molecule has 0 amide bonds. The second kappa shape index (κ2) is 4.68. The summed E-state index contributed by atoms with van der Waals surface area (Å²) in [5.74, 6) is 0. The molecule has 0 spiro atoms. The first-order valence-electron chi connectivity index (χ1n) is 5.75. The van der Waals surface area contributed by atoms with Crippen molar-refractivity contribution in [3.05, 3.63) is 48.0 Å². The van der Waals surface area contributed by atoms with E-state index in [1.165, 1.54) is 0 Å². The minimum Gasteiger partial charge on any atom is -0.389 e. The number of rotatable bonds is 4. The van der Waals surface area contributed by atoms with Gasteiger partial charge in [0.1, 0.15) is 6.29 Å². The van der Waals surface area contributed by atoms with Gasteiger partial charge in [0.05, 0.1) is 5.60 Å². The molecular formula is C15H16O2. The molecule has 0 aromatic heterocycles. The van der Waals surface area contributed by atoms with Gasteiger partial charge in [0.25, 0.3) is 0 Å². The molecule has 0 aliphatic carbocycles. The first kappa shape index (κ1) is 11.8. The summed E-state index contributed by atoms with van der Waals surface area (Å²) in [6.45, 7) is 1.70. The molecule has 1 unspecified atom stereocenters. The van der Waals surface area contributed by atoms with E-state index in [0.29, 0.717) is 6.42 Å². The average molecular weight is 228 g/mol. The molecule has 0 saturated carbocycles. The summed E-state index contributed by atoms with van der Waals surface area (Å²) in [6, 6.07) is 14.1. The number of carbonyl (C=O) groups is 1. The molecule has 17 heavy (non-hydrogen) atoms. The Kier molecular flexibility index (Phi) is 3.25. The SMILES string of the molecule is CC(O)(CC=O)Cc1cccc2ccccc12. The molecule has 1 N–H and O–H groups in total. The van der Waals surface area contributed by atoms with Crippen molar-refractivity contribution in [2.24, 2.45) is 0 Å². The van der Waals surface area contributed by atoms with Gasteiger partial charge in [0.2, 0.25) is 0 Å². The van der Waals surface area contributed by atoms with Gasteiger partial charge in [-0.1, -0.05) is 42.5 Å². The fourth-order valence-corrected chi connectivity index (χ4v) is 2.11. The lowest BCUT2D eigenvalue weighted by atomic mass is 9.91. The van der Waals surface area contributed by atoms with E-state index < -0.39 is 5.60 Å². The van der Waals surface area contributed by atoms with Crippen molar-refractivity contribution in [2.45, 2.75) is 25.4 Å². The number of aldehydes is 1. The smallest absolute Gasteiger partial charge is 0.122 e. The highest BCUT2D eigenvalue weighted by atomic mass is 16.3. The van der Waals surface area contributed by atoms with Crippen molar-refractivity contribution >= 4 is 17.1 Å². The molecule has 2 heteroatoms. The Labute approximate surface area is 101 Å². The number of hydrogen-bond donors (Lipinski definition) is 1. The van der Waals surface area contributed by atoms with Crippen LogP contribution in [0.1, 0.15) is 18.9 Å². The van der Waals surface area contributed by atoms with Crippen molar-refractivity contribution in [2.75, 3.05) is 0 Å². The highest BCUT2D eigenvalue weighted by Gasteiger charge is 2.21. The average Bonchev–Trinajstić information content (AvgIpc) is 2.29. The Hall–Kier alpha value is -1.67. The lowest BCUT2D eigenvalue weighted by molar-refractivity contribution is -0.111. The van der Waals surface area contributed by atoms with Crippen molar-refractivity contribution in [1.82, 2.24) is 0 Å². The maximum atomic E-state index is 10.5. The van der Waals surface area contributed by atoms with Crippen molar-refractivity contribution in [3.8, 4) is 0 Å². The second-order valence-corrected chi connectivity index (χ2v) is 4.68. The van der Waals surface area contributed by atoms with E-state index in [1.54, 1.807) is 6.92 Å². The maximum Gasteiger partial charge on any atom is 0.122 e. The summed E-state index contributed by atoms with van der Waals surface area (Å²) in [6.07, 6.45) is 1.43. The van der Waals surface area contributed by atoms with E-state index in [9.17, 15) is 9.90 Å². The molecule has 2 nitrogen and oxygen atoms in total. The summed E-state index contributed by atoms with van der Waals surface area (Å²) < 4.78 is 0. The Bertz CT molecular complexity index is 524. The number of fused-ring (bicyclic) bond motifs is 1. The van der Waals surface area contributed by atoms with Crippen LogP contribution >= 0.6 is 0 Å². The zero-order chi connectivity index (χ0) is 12.3. The molecule has 0 bridgehead atoms. The Morgan fingerprint density at radius 3 is 2.65 bits per heavy atom. The molecule has 0 saturated heterocycles. The van der Waals surface area contributed by atoms with E-state index >= 15 is 0 Å². The largest absolute Gasteiger partial charge is 0.389 e. The van der Waals surface area contributed by atoms with Gasteiger partial charge in [0.15, 0.2) is 0 Å². The van der Waals surface area contributed by atoms with Gasteiger partial charge in [-0.25, -0.2) is 0 Å². The monoisotopic (exact) mass is 228 g/mol. The minimum absolute atomic E-state index is 0.163. The van der Waals surface area contributed by atoms with Crippen LogP contribution in [0.5, 0.6) is 0 Å². The molecule has 0 radical (unpaired) electrons. The fourth-order valence-electron chi connectivity index (χ4n) is 2.11. The molecule has 0 heterocycles. The van der Waals surface area contributed by atoms with E-state index in [1.807, 2.05) is 42.5 Å². The fraction of sp³-hybridized carbons (Fsp3) is 0.267. The standard InChI is InChI=1S/C15H16O2/c1-15(17,9-10-16)11-13-7-4-6-12-5-2-3-8-14(12)13/h2-8,10,17H,9,11H2,1H3. The van der Waals surface area contributed by atoms with Gasteiger partial charge < -0.3 is 9.90 Å². The van der Waals surface area contributed by atoms with Gasteiger partial charge in [-0.2, -0.15) is 0 Å². The molecule has 0 fully saturated rings. The molecule has 2 aromatic carbocycles. The summed E-state index contributed by atoms with van der Waals surface area (Å²) >= 11 is 0. The molecule has 1 atom stereocenters. The number of benzene rings is 2. The predicted molar refractivity (Wildman–Crippen MR) is 69.0 cm³/mol. The lowest BCUT2D eigenvalue weighted by Gasteiger charge is -2.21. The normalized spacial score (nSPS) is 14.5. The minimum atomic E-state index is -0.966. The van der Waals surface area contributed by atoms with Gasteiger partial charge in [-0.15, -0.1) is 0 Å². The topological polar surface area (TPSA) is 37.3 Å². The van der Waals surface area contributed by atoms with Gasteiger partial charge >= 0.3 is 0 Å². The summed E-state index contributed by atoms with van der Waals surface area (Å²) in [5.41, 5.74) is 0.112. The third-order valence-corrected chi connectivity index (χ3v) is 2.97. The van der Waals surface area contributed by atoms with E-state index in [-0.39, 0.29) is 6.42 Å². The first-order valence-corrected chi connectivity index (χ1v) is 5.75. The third kappa shape index (κ3) is 2.71. The molecule has 0 aliphatic heterocycles. The predicted octanol–water partition coefficient (Wildman–Crippen LogP) is 2.72. The number of carbonyl (C=O) groups excluding carboxylic acids is 1. The van der Waals surface area contributed by atoms with Crippen LogP contribution in [0.3, 0.4) is 0 Å². The van der Waals surface area contributed by atoms with Crippen LogP contribution in [-0.4, -0.2) is 17.0 Å². The van der Waals surface area contributed by atoms with Crippen LogP contribution in [-0.2, 0) is 11.2 Å². The van der Waals surface area contributed by atoms with Gasteiger partial charge in [-0.3, -0.25) is 0 Å². The van der Waals surface area contributed by atoms with Crippen LogP contribution < -0.4 is 0 Å². The second-order valence-electron chi connectivity index (χ2n) is 4.68. The summed E-state index contributed by atoms with van der Waals surface area (Å²) in [7, 11) is 0. The van der Waals surface area contributed by atoms with Gasteiger partial charge in [-0.05, 0) is 23.3 Å². The molecule has 2 aromatic rings. The maximum absolute atomic E-state index is 10.5. The number of aliphatic hydroxyl groups is 1. The van der Waals surface area contributed by atoms with Crippen molar-refractivity contribution in [3.63, 3.8) is 0 Å². The van der Waals surface area contributed by atoms with Crippen LogP contribution in [0, 0.1) is 0 Å². The molecule has 88 valence electrons. The molecule has 2 rings (SSSR count). The van der Waals surface area contributed by atoms with Crippen molar-refractivity contribution < 1.29 is 9.90 Å². The Morgan fingerprint density at radius 2 is 1.88 bits per heavy atom. The Balaban J connectivity index is 2.39. The third-order valence-electron chi connectivity index (χ3n) is 2.97. The summed E-state index contributed by atoms with van der Waals surface area (Å²) in [4.78, 5) is 10.5. The lowest BCUT2D eigenvalue weighted by Crippen LogP contribution is -2.27. The van der Waals surface area contributed by atoms with Gasteiger partial charge in [0, 0.05) is 12.8 Å². The zero-order valence-electron chi connectivity index (χ0n) is 9.89. The van der Waals surface area contributed by atoms with Crippen LogP contribution in [0.4, 0.5) is 0 Å². The highest BCUT2D eigenvalue weighted by molar-refractivity contribution is 5.85. The van der Waals surface area contributed by atoms with Crippen LogP contribution in [0.2, 0.25) is 0 Å². The zero-order valence-corrected chi connectivity index (χ0v) is 9.89. The van der Waals surface area contributed by atoms with E-state index in [2.05, 4.69) is 0 Å². The highest BCUT2D eigenvalue weighted by Crippen LogP contribution is 2.23. The number of hydrogen-bond acceptors (Lipinski definition) is 2. The Morgan fingerprint density at radius 1 is 1.18 bits per heavy atom. The quantitative estimate of drug-likeness (QED) is 0.817. The van der Waals surface area contributed by atoms with E-state index in [0.717, 1.165) is 22.6 Å². The van der Waals surface area contributed by atoms with Crippen molar-refractivity contribution in [1.29, 1.82) is 0 Å². The summed E-state index contributed by atoms with van der Waals surface area (Å²) in [5, 5.41) is 12.4. The van der Waals surface area contributed by atoms with Crippen LogP contribution in [0.25, 0.3) is 10.8 Å². The first-order chi connectivity index (χ1) is 8.12. The molecule has 0 aliphatic rings. The molecular weight excluding hydrogens is 212 g/mol. The van der Waals surface area contributed by atoms with Crippen LogP contribution in [0.15, 0.2) is 42.5 Å². The van der Waals surface area contributed by atoms with E-state index in [4.69, 9.17) is 0 Å².